The highest BCUT2D eigenvalue weighted by atomic mass is 19.4. The van der Waals surface area contributed by atoms with E-state index in [0.29, 0.717) is 24.4 Å². The van der Waals surface area contributed by atoms with Gasteiger partial charge in [-0.25, -0.2) is 4.98 Å². The quantitative estimate of drug-likeness (QED) is 0.713. The third-order valence-corrected chi connectivity index (χ3v) is 4.62. The van der Waals surface area contributed by atoms with Crippen LogP contribution in [0, 0.1) is 0 Å². The predicted molar refractivity (Wildman–Crippen MR) is 99.5 cm³/mol. The van der Waals surface area contributed by atoms with Gasteiger partial charge >= 0.3 is 6.18 Å². The molecule has 1 aliphatic rings. The van der Waals surface area contributed by atoms with E-state index in [1.54, 1.807) is 6.07 Å². The van der Waals surface area contributed by atoms with Crippen molar-refractivity contribution < 1.29 is 17.9 Å². The Bertz CT molecular complexity index is 935. The lowest BCUT2D eigenvalue weighted by molar-refractivity contribution is -0.136. The fraction of sp³-hybridized carbons (Fsp3) is 0.250. The van der Waals surface area contributed by atoms with Crippen LogP contribution < -0.4 is 10.2 Å². The zero-order valence-electron chi connectivity index (χ0n) is 14.5. The molecular formula is C20H18F3N3O. The normalized spacial score (nSPS) is 15.1. The lowest BCUT2D eigenvalue weighted by atomic mass is 10.1. The molecule has 1 N–H and O–H groups in total. The monoisotopic (exact) mass is 373 g/mol. The molecule has 0 radical (unpaired) electrons. The summed E-state index contributed by atoms with van der Waals surface area (Å²) < 4.78 is 45.1. The minimum atomic E-state index is -4.40. The van der Waals surface area contributed by atoms with E-state index in [4.69, 9.17) is 4.74 Å². The van der Waals surface area contributed by atoms with Gasteiger partial charge in [0.1, 0.15) is 5.82 Å². The Labute approximate surface area is 154 Å². The number of hydrogen-bond donors (Lipinski definition) is 1. The minimum Gasteiger partial charge on any atom is -0.378 e. The van der Waals surface area contributed by atoms with Crippen LogP contribution in [0.4, 0.5) is 30.4 Å². The first kappa shape index (κ1) is 17.6. The van der Waals surface area contributed by atoms with Gasteiger partial charge in [-0.15, -0.1) is 0 Å². The van der Waals surface area contributed by atoms with E-state index < -0.39 is 11.7 Å². The second-order valence-corrected chi connectivity index (χ2v) is 6.33. The van der Waals surface area contributed by atoms with Crippen molar-refractivity contribution in [2.75, 3.05) is 36.5 Å². The van der Waals surface area contributed by atoms with Gasteiger partial charge in [0.2, 0.25) is 0 Å². The van der Waals surface area contributed by atoms with Crippen molar-refractivity contribution in [3.8, 4) is 0 Å². The molecule has 4 nitrogen and oxygen atoms in total. The number of nitrogens with one attached hydrogen (secondary N) is 1. The number of halogens is 3. The maximum atomic E-state index is 13.2. The number of fused-ring (bicyclic) bond motifs is 1. The van der Waals surface area contributed by atoms with Crippen molar-refractivity contribution in [3.05, 3.63) is 60.3 Å². The summed E-state index contributed by atoms with van der Waals surface area (Å²) in [6.45, 7) is 3.11. The summed E-state index contributed by atoms with van der Waals surface area (Å²) in [5, 5.41) is 3.70. The molecule has 2 aromatic carbocycles. The van der Waals surface area contributed by atoms with E-state index in [2.05, 4.69) is 15.2 Å². The summed E-state index contributed by atoms with van der Waals surface area (Å²) >= 11 is 0. The molecule has 1 aliphatic heterocycles. The molecule has 140 valence electrons. The van der Waals surface area contributed by atoms with E-state index in [-0.39, 0.29) is 5.39 Å². The number of pyridine rings is 1. The molecular weight excluding hydrogens is 355 g/mol. The van der Waals surface area contributed by atoms with Crippen LogP contribution in [0.5, 0.6) is 0 Å². The van der Waals surface area contributed by atoms with Gasteiger partial charge in [0.05, 0.1) is 18.8 Å². The average Bonchev–Trinajstić information content (AvgIpc) is 2.68. The summed E-state index contributed by atoms with van der Waals surface area (Å²) in [6.07, 6.45) is -3.01. The van der Waals surface area contributed by atoms with Crippen LogP contribution in [-0.2, 0) is 10.9 Å². The van der Waals surface area contributed by atoms with E-state index in [1.807, 2.05) is 24.3 Å². The molecule has 2 heterocycles. The SMILES string of the molecule is FC(F)(F)c1cccc2c(Nc3ccc(N4CCOCC4)cc3)nccc12. The van der Waals surface area contributed by atoms with Gasteiger partial charge < -0.3 is 15.0 Å². The van der Waals surface area contributed by atoms with Gasteiger partial charge in [0.25, 0.3) is 0 Å². The number of hydrogen-bond acceptors (Lipinski definition) is 4. The molecule has 0 amide bonds. The first-order valence-electron chi connectivity index (χ1n) is 8.67. The van der Waals surface area contributed by atoms with E-state index in [9.17, 15) is 13.2 Å². The molecule has 0 unspecified atom stereocenters. The van der Waals surface area contributed by atoms with Crippen molar-refractivity contribution in [1.29, 1.82) is 0 Å². The number of ether oxygens (including phenoxy) is 1. The largest absolute Gasteiger partial charge is 0.417 e. The Balaban J connectivity index is 1.62. The first-order chi connectivity index (χ1) is 13.0. The van der Waals surface area contributed by atoms with Gasteiger partial charge in [-0.05, 0) is 41.8 Å². The van der Waals surface area contributed by atoms with Crippen LogP contribution in [0.2, 0.25) is 0 Å². The van der Waals surface area contributed by atoms with E-state index >= 15 is 0 Å². The zero-order valence-corrected chi connectivity index (χ0v) is 14.5. The van der Waals surface area contributed by atoms with Crippen LogP contribution >= 0.6 is 0 Å². The lowest BCUT2D eigenvalue weighted by Crippen LogP contribution is -2.36. The number of nitrogens with zero attached hydrogens (tertiary/aromatic N) is 2. The van der Waals surface area contributed by atoms with E-state index in [1.165, 1.54) is 18.3 Å². The summed E-state index contributed by atoms with van der Waals surface area (Å²) in [4.78, 5) is 6.47. The lowest BCUT2D eigenvalue weighted by Gasteiger charge is -2.28. The molecule has 7 heteroatoms. The van der Waals surface area contributed by atoms with Crippen LogP contribution in [0.15, 0.2) is 54.7 Å². The van der Waals surface area contributed by atoms with Gasteiger partial charge in [0, 0.05) is 36.0 Å². The molecule has 0 spiro atoms. The smallest absolute Gasteiger partial charge is 0.378 e. The molecule has 1 aromatic heterocycles. The number of anilines is 3. The fourth-order valence-corrected chi connectivity index (χ4v) is 3.27. The summed E-state index contributed by atoms with van der Waals surface area (Å²) in [7, 11) is 0. The highest BCUT2D eigenvalue weighted by Gasteiger charge is 2.32. The second-order valence-electron chi connectivity index (χ2n) is 6.33. The Kier molecular flexibility index (Phi) is 4.61. The van der Waals surface area contributed by atoms with Gasteiger partial charge in [-0.3, -0.25) is 0 Å². The van der Waals surface area contributed by atoms with E-state index in [0.717, 1.165) is 30.5 Å². The van der Waals surface area contributed by atoms with Gasteiger partial charge in [0.15, 0.2) is 0 Å². The zero-order chi connectivity index (χ0) is 18.9. The van der Waals surface area contributed by atoms with Crippen molar-refractivity contribution >= 4 is 28.0 Å². The van der Waals surface area contributed by atoms with Crippen LogP contribution in [0.25, 0.3) is 10.8 Å². The molecule has 1 saturated heterocycles. The van der Waals surface area contributed by atoms with Crippen molar-refractivity contribution in [2.24, 2.45) is 0 Å². The summed E-state index contributed by atoms with van der Waals surface area (Å²) in [6, 6.07) is 13.3. The molecule has 1 fully saturated rings. The minimum absolute atomic E-state index is 0.132. The molecule has 3 aromatic rings. The summed E-state index contributed by atoms with van der Waals surface area (Å²) in [5.74, 6) is 0.401. The van der Waals surface area contributed by atoms with Crippen LogP contribution in [0.1, 0.15) is 5.56 Å². The highest BCUT2D eigenvalue weighted by molar-refractivity contribution is 5.95. The third-order valence-electron chi connectivity index (χ3n) is 4.62. The second kappa shape index (κ2) is 7.08. The third kappa shape index (κ3) is 3.68. The average molecular weight is 373 g/mol. The molecule has 0 bridgehead atoms. The Morgan fingerprint density at radius 2 is 1.67 bits per heavy atom. The molecule has 0 atom stereocenters. The number of rotatable bonds is 3. The van der Waals surface area contributed by atoms with Crippen molar-refractivity contribution in [2.45, 2.75) is 6.18 Å². The Morgan fingerprint density at radius 1 is 0.926 bits per heavy atom. The molecule has 0 aliphatic carbocycles. The molecule has 4 rings (SSSR count). The number of benzene rings is 2. The topological polar surface area (TPSA) is 37.4 Å². The van der Waals surface area contributed by atoms with Gasteiger partial charge in [-0.1, -0.05) is 12.1 Å². The molecule has 27 heavy (non-hydrogen) atoms. The number of morpholine rings is 1. The van der Waals surface area contributed by atoms with Crippen LogP contribution in [-0.4, -0.2) is 31.3 Å². The number of alkyl halides is 3. The highest BCUT2D eigenvalue weighted by Crippen LogP contribution is 2.36. The van der Waals surface area contributed by atoms with Crippen LogP contribution in [0.3, 0.4) is 0 Å². The van der Waals surface area contributed by atoms with Crippen molar-refractivity contribution in [1.82, 2.24) is 4.98 Å². The maximum absolute atomic E-state index is 13.2. The Morgan fingerprint density at radius 3 is 2.37 bits per heavy atom. The number of aromatic nitrogens is 1. The maximum Gasteiger partial charge on any atom is 0.417 e. The summed E-state index contributed by atoms with van der Waals surface area (Å²) in [5.41, 5.74) is 1.20. The first-order valence-corrected chi connectivity index (χ1v) is 8.67. The fourth-order valence-electron chi connectivity index (χ4n) is 3.27. The predicted octanol–water partition coefficient (Wildman–Crippen LogP) is 4.83. The molecule has 0 saturated carbocycles. The standard InChI is InChI=1S/C20H18F3N3O/c21-20(22,23)18-3-1-2-17-16(18)8-9-24-19(17)25-14-4-6-15(7-5-14)26-10-12-27-13-11-26/h1-9H,10-13H2,(H,24,25). The van der Waals surface area contributed by atoms with Gasteiger partial charge in [-0.2, -0.15) is 13.2 Å². The Hall–Kier alpha value is -2.80. The van der Waals surface area contributed by atoms with Crippen molar-refractivity contribution in [3.63, 3.8) is 0 Å².